The van der Waals surface area contributed by atoms with Crippen molar-refractivity contribution in [3.63, 3.8) is 0 Å². The van der Waals surface area contributed by atoms with Crippen LogP contribution in [0, 0.1) is 0 Å². The molecule has 0 radical (unpaired) electrons. The molecule has 5 nitrogen and oxygen atoms in total. The maximum absolute atomic E-state index is 12.0. The summed E-state index contributed by atoms with van der Waals surface area (Å²) in [4.78, 5) is 17.5. The normalized spacial score (nSPS) is 10.7. The number of nitrogens with one attached hydrogen (secondary N) is 3. The summed E-state index contributed by atoms with van der Waals surface area (Å²) in [5.41, 5.74) is 0.642. The van der Waals surface area contributed by atoms with Crippen molar-refractivity contribution in [1.82, 2.24) is 16.0 Å². The molecule has 25 heavy (non-hydrogen) atoms. The fourth-order valence-electron chi connectivity index (χ4n) is 2.07. The average molecular weight is 537 g/mol. The molecule has 1 aromatic heterocycles. The number of amides is 1. The van der Waals surface area contributed by atoms with Gasteiger partial charge >= 0.3 is 0 Å². The van der Waals surface area contributed by atoms with Gasteiger partial charge in [0.1, 0.15) is 0 Å². The number of aliphatic imine (C=N–C) groups is 1. The highest BCUT2D eigenvalue weighted by Crippen LogP contribution is 2.11. The predicted molar refractivity (Wildman–Crippen MR) is 119 cm³/mol. The first kappa shape index (κ1) is 21.9. The molecule has 0 aliphatic rings. The summed E-state index contributed by atoms with van der Waals surface area (Å²) in [7, 11) is 1.74. The second-order valence-electron chi connectivity index (χ2n) is 5.02. The Kier molecular flexibility index (Phi) is 10.7. The maximum atomic E-state index is 12.0. The molecule has 0 aliphatic heterocycles. The molecule has 1 amide bonds. The largest absolute Gasteiger partial charge is 0.356 e. The van der Waals surface area contributed by atoms with Crippen LogP contribution in [0.25, 0.3) is 0 Å². The van der Waals surface area contributed by atoms with Crippen LogP contribution in [-0.2, 0) is 6.42 Å². The van der Waals surface area contributed by atoms with Gasteiger partial charge in [-0.05, 0) is 36.1 Å². The number of carbonyl (C=O) groups is 1. The van der Waals surface area contributed by atoms with E-state index in [0.29, 0.717) is 18.7 Å². The lowest BCUT2D eigenvalue weighted by Gasteiger charge is -2.12. The average Bonchev–Trinajstić information content (AvgIpc) is 3.10. The van der Waals surface area contributed by atoms with Crippen LogP contribution >= 0.6 is 51.2 Å². The zero-order valence-electron chi connectivity index (χ0n) is 13.9. The molecular formula is C17H22BrIN4OS. The zero-order valence-corrected chi connectivity index (χ0v) is 18.7. The van der Waals surface area contributed by atoms with E-state index in [4.69, 9.17) is 0 Å². The number of benzene rings is 1. The maximum Gasteiger partial charge on any atom is 0.251 e. The van der Waals surface area contributed by atoms with Gasteiger partial charge in [0, 0.05) is 41.6 Å². The molecule has 2 aromatic rings. The summed E-state index contributed by atoms with van der Waals surface area (Å²) in [5, 5.41) is 11.4. The highest BCUT2D eigenvalue weighted by atomic mass is 127. The van der Waals surface area contributed by atoms with E-state index in [2.05, 4.69) is 54.4 Å². The predicted octanol–water partition coefficient (Wildman–Crippen LogP) is 3.27. The van der Waals surface area contributed by atoms with Crippen LogP contribution in [0.5, 0.6) is 0 Å². The third-order valence-corrected chi connectivity index (χ3v) is 4.69. The molecule has 0 fully saturated rings. The van der Waals surface area contributed by atoms with E-state index in [-0.39, 0.29) is 29.9 Å². The molecule has 8 heteroatoms. The lowest BCUT2D eigenvalue weighted by atomic mass is 10.2. The van der Waals surface area contributed by atoms with Gasteiger partial charge in [-0.1, -0.05) is 28.1 Å². The second kappa shape index (κ2) is 12.3. The van der Waals surface area contributed by atoms with Crippen molar-refractivity contribution >= 4 is 63.1 Å². The molecule has 136 valence electrons. The first-order valence-corrected chi connectivity index (χ1v) is 9.37. The number of hydrogen-bond acceptors (Lipinski definition) is 3. The number of carbonyl (C=O) groups excluding carboxylic acids is 1. The molecule has 0 saturated carbocycles. The van der Waals surface area contributed by atoms with E-state index >= 15 is 0 Å². The number of guanidine groups is 1. The fourth-order valence-corrected chi connectivity index (χ4v) is 3.18. The fraction of sp³-hybridized carbons (Fsp3) is 0.294. The van der Waals surface area contributed by atoms with Crippen molar-refractivity contribution in [3.8, 4) is 0 Å². The number of rotatable bonds is 7. The Bertz CT molecular complexity index is 679. The van der Waals surface area contributed by atoms with Gasteiger partial charge in [0.15, 0.2) is 5.96 Å². The van der Waals surface area contributed by atoms with E-state index in [1.165, 1.54) is 4.88 Å². The summed E-state index contributed by atoms with van der Waals surface area (Å²) in [6.07, 6.45) is 0.970. The van der Waals surface area contributed by atoms with E-state index in [0.717, 1.165) is 23.4 Å². The van der Waals surface area contributed by atoms with E-state index < -0.39 is 0 Å². The Balaban J connectivity index is 0.00000312. The molecule has 1 aromatic carbocycles. The van der Waals surface area contributed by atoms with Gasteiger partial charge in [-0.2, -0.15) is 0 Å². The number of nitrogens with zero attached hydrogens (tertiary/aromatic N) is 1. The minimum Gasteiger partial charge on any atom is -0.356 e. The van der Waals surface area contributed by atoms with Crippen molar-refractivity contribution in [1.29, 1.82) is 0 Å². The minimum atomic E-state index is -0.0845. The highest BCUT2D eigenvalue weighted by Gasteiger charge is 2.05. The molecule has 0 spiro atoms. The molecular weight excluding hydrogens is 515 g/mol. The SMILES string of the molecule is CN=C(NCCNC(=O)c1cccc(Br)c1)NCCc1cccs1.I. The molecule has 0 bridgehead atoms. The van der Waals surface area contributed by atoms with Crippen LogP contribution in [0.3, 0.4) is 0 Å². The minimum absolute atomic E-state index is 0. The van der Waals surface area contributed by atoms with Crippen molar-refractivity contribution in [2.45, 2.75) is 6.42 Å². The van der Waals surface area contributed by atoms with Gasteiger partial charge in [0.2, 0.25) is 0 Å². The Labute approximate surface area is 177 Å². The van der Waals surface area contributed by atoms with Gasteiger partial charge in [0.25, 0.3) is 5.91 Å². The van der Waals surface area contributed by atoms with E-state index in [1.54, 1.807) is 30.5 Å². The Morgan fingerprint density at radius 3 is 2.56 bits per heavy atom. The zero-order chi connectivity index (χ0) is 17.2. The lowest BCUT2D eigenvalue weighted by Crippen LogP contribution is -2.42. The Morgan fingerprint density at radius 2 is 1.88 bits per heavy atom. The van der Waals surface area contributed by atoms with Gasteiger partial charge < -0.3 is 16.0 Å². The van der Waals surface area contributed by atoms with Crippen LogP contribution in [0.2, 0.25) is 0 Å². The van der Waals surface area contributed by atoms with Gasteiger partial charge in [0.05, 0.1) is 0 Å². The van der Waals surface area contributed by atoms with Crippen molar-refractivity contribution < 1.29 is 4.79 Å². The van der Waals surface area contributed by atoms with Gasteiger partial charge in [-0.25, -0.2) is 0 Å². The van der Waals surface area contributed by atoms with Crippen molar-refractivity contribution in [3.05, 3.63) is 56.7 Å². The van der Waals surface area contributed by atoms with Crippen molar-refractivity contribution in [2.24, 2.45) is 4.99 Å². The molecule has 1 heterocycles. The summed E-state index contributed by atoms with van der Waals surface area (Å²) < 4.78 is 0.892. The van der Waals surface area contributed by atoms with Crippen LogP contribution in [-0.4, -0.2) is 38.5 Å². The first-order chi connectivity index (χ1) is 11.7. The highest BCUT2D eigenvalue weighted by molar-refractivity contribution is 14.0. The quantitative estimate of drug-likeness (QED) is 0.220. The van der Waals surface area contributed by atoms with Crippen LogP contribution in [0.1, 0.15) is 15.2 Å². The van der Waals surface area contributed by atoms with Gasteiger partial charge in [-0.15, -0.1) is 35.3 Å². The first-order valence-electron chi connectivity index (χ1n) is 7.69. The molecule has 0 atom stereocenters. The van der Waals surface area contributed by atoms with E-state index in [9.17, 15) is 4.79 Å². The number of halogens is 2. The summed E-state index contributed by atoms with van der Waals surface area (Å²) >= 11 is 5.12. The third kappa shape index (κ3) is 8.19. The third-order valence-electron chi connectivity index (χ3n) is 3.26. The molecule has 2 rings (SSSR count). The van der Waals surface area contributed by atoms with Crippen LogP contribution in [0.4, 0.5) is 0 Å². The molecule has 0 aliphatic carbocycles. The summed E-state index contributed by atoms with van der Waals surface area (Å²) in [5.74, 6) is 0.655. The Hall–Kier alpha value is -1.13. The summed E-state index contributed by atoms with van der Waals surface area (Å²) in [6.45, 7) is 1.96. The summed E-state index contributed by atoms with van der Waals surface area (Å²) in [6, 6.07) is 11.5. The standard InChI is InChI=1S/C17H21BrN4OS.HI/c1-19-17(21-8-7-15-6-3-11-24-15)22-10-9-20-16(23)13-4-2-5-14(18)12-13;/h2-6,11-12H,7-10H2,1H3,(H,20,23)(H2,19,21,22);1H. The topological polar surface area (TPSA) is 65.5 Å². The molecule has 0 unspecified atom stereocenters. The second-order valence-corrected chi connectivity index (χ2v) is 6.97. The Morgan fingerprint density at radius 1 is 1.12 bits per heavy atom. The van der Waals surface area contributed by atoms with E-state index in [1.807, 2.05) is 12.1 Å². The van der Waals surface area contributed by atoms with Gasteiger partial charge in [-0.3, -0.25) is 9.79 Å². The van der Waals surface area contributed by atoms with Crippen LogP contribution in [0.15, 0.2) is 51.2 Å². The van der Waals surface area contributed by atoms with Crippen LogP contribution < -0.4 is 16.0 Å². The lowest BCUT2D eigenvalue weighted by molar-refractivity contribution is 0.0954. The van der Waals surface area contributed by atoms with Crippen molar-refractivity contribution in [2.75, 3.05) is 26.7 Å². The number of hydrogen-bond donors (Lipinski definition) is 3. The molecule has 0 saturated heterocycles. The molecule has 3 N–H and O–H groups in total. The number of thiophene rings is 1. The smallest absolute Gasteiger partial charge is 0.251 e. The monoisotopic (exact) mass is 536 g/mol.